The molecule has 5 nitrogen and oxygen atoms in total. The molecule has 0 aliphatic carbocycles. The lowest BCUT2D eigenvalue weighted by Gasteiger charge is -2.34. The highest BCUT2D eigenvalue weighted by molar-refractivity contribution is 5.92. The van der Waals surface area contributed by atoms with Gasteiger partial charge >= 0.3 is 0 Å². The number of hydrogen-bond donors (Lipinski definition) is 3. The van der Waals surface area contributed by atoms with Crippen LogP contribution in [0.2, 0.25) is 0 Å². The summed E-state index contributed by atoms with van der Waals surface area (Å²) in [4.78, 5) is 14.1. The Morgan fingerprint density at radius 3 is 3.05 bits per heavy atom. The quantitative estimate of drug-likeness (QED) is 0.721. The maximum absolute atomic E-state index is 13.6. The number of nitrogens with two attached hydrogens (primary N) is 1. The first-order valence-corrected chi connectivity index (χ1v) is 7.30. The number of benzene rings is 1. The van der Waals surface area contributed by atoms with Crippen LogP contribution in [-0.2, 0) is 4.79 Å². The van der Waals surface area contributed by atoms with E-state index in [9.17, 15) is 9.18 Å². The van der Waals surface area contributed by atoms with Crippen molar-refractivity contribution in [3.8, 4) is 0 Å². The first kappa shape index (κ1) is 15.7. The lowest BCUT2D eigenvalue weighted by molar-refractivity contribution is -0.118. The van der Waals surface area contributed by atoms with Crippen LogP contribution in [0.3, 0.4) is 0 Å². The summed E-state index contributed by atoms with van der Waals surface area (Å²) < 4.78 is 13.6. The fourth-order valence-corrected chi connectivity index (χ4v) is 2.76. The molecule has 0 saturated carbocycles. The van der Waals surface area contributed by atoms with Crippen molar-refractivity contribution in [3.63, 3.8) is 0 Å². The van der Waals surface area contributed by atoms with Gasteiger partial charge in [0.1, 0.15) is 5.82 Å². The molecular formula is C15H22FN3O2. The predicted octanol–water partition coefficient (Wildman–Crippen LogP) is 1.58. The number of nitrogens with zero attached hydrogens (tertiary/aromatic N) is 1. The van der Waals surface area contributed by atoms with Gasteiger partial charge in [0, 0.05) is 18.3 Å². The zero-order valence-corrected chi connectivity index (χ0v) is 12.0. The first-order chi connectivity index (χ1) is 10.1. The van der Waals surface area contributed by atoms with Gasteiger partial charge in [0.25, 0.3) is 0 Å². The molecular weight excluding hydrogens is 273 g/mol. The SMILES string of the molecule is Nc1ccc(F)c(NC(=O)CN2CCCCC2CCO)c1. The van der Waals surface area contributed by atoms with E-state index in [1.165, 1.54) is 18.2 Å². The van der Waals surface area contributed by atoms with Gasteiger partial charge in [-0.05, 0) is 44.0 Å². The maximum atomic E-state index is 13.6. The molecule has 1 aliphatic rings. The molecule has 1 unspecified atom stereocenters. The van der Waals surface area contributed by atoms with Crippen molar-refractivity contribution < 1.29 is 14.3 Å². The molecule has 6 heteroatoms. The number of anilines is 2. The second-order valence-electron chi connectivity index (χ2n) is 5.42. The number of hydrogen-bond acceptors (Lipinski definition) is 4. The third-order valence-corrected chi connectivity index (χ3v) is 3.82. The van der Waals surface area contributed by atoms with Gasteiger partial charge in [-0.2, -0.15) is 0 Å². The monoisotopic (exact) mass is 295 g/mol. The fourth-order valence-electron chi connectivity index (χ4n) is 2.76. The lowest BCUT2D eigenvalue weighted by Crippen LogP contribution is -2.44. The maximum Gasteiger partial charge on any atom is 0.238 e. The standard InChI is InChI=1S/C15H22FN3O2/c16-13-5-4-11(17)9-14(13)18-15(21)10-19-7-2-1-3-12(19)6-8-20/h4-5,9,12,20H,1-3,6-8,10,17H2,(H,18,21). The molecule has 0 aromatic heterocycles. The minimum Gasteiger partial charge on any atom is -0.399 e. The average molecular weight is 295 g/mol. The third-order valence-electron chi connectivity index (χ3n) is 3.82. The summed E-state index contributed by atoms with van der Waals surface area (Å²) in [6.07, 6.45) is 3.81. The molecule has 0 radical (unpaired) electrons. The Morgan fingerprint density at radius 2 is 2.29 bits per heavy atom. The molecule has 1 saturated heterocycles. The Balaban J connectivity index is 1.95. The van der Waals surface area contributed by atoms with Crippen LogP contribution in [0.1, 0.15) is 25.7 Å². The zero-order chi connectivity index (χ0) is 15.2. The highest BCUT2D eigenvalue weighted by Gasteiger charge is 2.24. The van der Waals surface area contributed by atoms with Gasteiger partial charge in [-0.15, -0.1) is 0 Å². The van der Waals surface area contributed by atoms with Gasteiger partial charge < -0.3 is 16.2 Å². The van der Waals surface area contributed by atoms with Crippen molar-refractivity contribution in [1.29, 1.82) is 0 Å². The Bertz CT molecular complexity index is 494. The van der Waals surface area contributed by atoms with Crippen LogP contribution in [-0.4, -0.2) is 41.7 Å². The number of carbonyl (C=O) groups is 1. The van der Waals surface area contributed by atoms with Crippen LogP contribution >= 0.6 is 0 Å². The number of aliphatic hydroxyl groups excluding tert-OH is 1. The summed E-state index contributed by atoms with van der Waals surface area (Å²) in [5.74, 6) is -0.757. The Morgan fingerprint density at radius 1 is 1.48 bits per heavy atom. The number of nitrogens with one attached hydrogen (secondary N) is 1. The van der Waals surface area contributed by atoms with E-state index in [1.807, 2.05) is 0 Å². The first-order valence-electron chi connectivity index (χ1n) is 7.30. The van der Waals surface area contributed by atoms with Gasteiger partial charge in [-0.3, -0.25) is 9.69 Å². The van der Waals surface area contributed by atoms with E-state index in [4.69, 9.17) is 10.8 Å². The van der Waals surface area contributed by atoms with Crippen LogP contribution in [0, 0.1) is 5.82 Å². The van der Waals surface area contributed by atoms with E-state index in [0.717, 1.165) is 25.8 Å². The molecule has 1 heterocycles. The van der Waals surface area contributed by atoms with Crippen molar-refractivity contribution in [1.82, 2.24) is 4.90 Å². The number of rotatable bonds is 5. The van der Waals surface area contributed by atoms with E-state index < -0.39 is 5.82 Å². The summed E-state index contributed by atoms with van der Waals surface area (Å²) >= 11 is 0. The van der Waals surface area contributed by atoms with Crippen molar-refractivity contribution in [2.24, 2.45) is 0 Å². The van der Waals surface area contributed by atoms with Gasteiger partial charge in [-0.25, -0.2) is 4.39 Å². The molecule has 4 N–H and O–H groups in total. The molecule has 1 aromatic rings. The van der Waals surface area contributed by atoms with E-state index >= 15 is 0 Å². The molecule has 1 amide bonds. The number of halogens is 1. The molecule has 1 fully saturated rings. The fraction of sp³-hybridized carbons (Fsp3) is 0.533. The highest BCUT2D eigenvalue weighted by Crippen LogP contribution is 2.20. The normalized spacial score (nSPS) is 19.4. The predicted molar refractivity (Wildman–Crippen MR) is 80.4 cm³/mol. The smallest absolute Gasteiger partial charge is 0.238 e. The Hall–Kier alpha value is -1.66. The average Bonchev–Trinajstić information content (AvgIpc) is 2.45. The van der Waals surface area contributed by atoms with Crippen molar-refractivity contribution in [2.45, 2.75) is 31.7 Å². The summed E-state index contributed by atoms with van der Waals surface area (Å²) in [6.45, 7) is 1.16. The van der Waals surface area contributed by atoms with Gasteiger partial charge in [0.05, 0.1) is 12.2 Å². The number of carbonyl (C=O) groups excluding carboxylic acids is 1. The van der Waals surface area contributed by atoms with E-state index in [0.29, 0.717) is 12.1 Å². The molecule has 0 bridgehead atoms. The van der Waals surface area contributed by atoms with Crippen LogP contribution in [0.25, 0.3) is 0 Å². The summed E-state index contributed by atoms with van der Waals surface area (Å²) in [6, 6.07) is 4.32. The molecule has 21 heavy (non-hydrogen) atoms. The number of aliphatic hydroxyl groups is 1. The van der Waals surface area contributed by atoms with Crippen LogP contribution in [0.5, 0.6) is 0 Å². The van der Waals surface area contributed by atoms with E-state index in [2.05, 4.69) is 10.2 Å². The minimum absolute atomic E-state index is 0.107. The lowest BCUT2D eigenvalue weighted by atomic mass is 9.99. The van der Waals surface area contributed by atoms with Gasteiger partial charge in [0.15, 0.2) is 0 Å². The second-order valence-corrected chi connectivity index (χ2v) is 5.42. The topological polar surface area (TPSA) is 78.6 Å². The number of piperidine rings is 1. The Kier molecular flexibility index (Phi) is 5.52. The number of likely N-dealkylation sites (tertiary alicyclic amines) is 1. The zero-order valence-electron chi connectivity index (χ0n) is 12.0. The van der Waals surface area contributed by atoms with Crippen molar-refractivity contribution in [3.05, 3.63) is 24.0 Å². The summed E-state index contributed by atoms with van der Waals surface area (Å²) in [5, 5.41) is 11.6. The molecule has 0 spiro atoms. The van der Waals surface area contributed by atoms with Gasteiger partial charge in [0.2, 0.25) is 5.91 Å². The number of amides is 1. The number of nitrogen functional groups attached to an aromatic ring is 1. The molecule has 1 aliphatic heterocycles. The van der Waals surface area contributed by atoms with E-state index in [1.54, 1.807) is 0 Å². The summed E-state index contributed by atoms with van der Waals surface area (Å²) in [7, 11) is 0. The molecule has 116 valence electrons. The highest BCUT2D eigenvalue weighted by atomic mass is 19.1. The molecule has 1 aromatic carbocycles. The third kappa shape index (κ3) is 4.41. The van der Waals surface area contributed by atoms with Crippen LogP contribution in [0.4, 0.5) is 15.8 Å². The molecule has 2 rings (SSSR count). The van der Waals surface area contributed by atoms with E-state index in [-0.39, 0.29) is 30.8 Å². The van der Waals surface area contributed by atoms with Crippen molar-refractivity contribution >= 4 is 17.3 Å². The molecule has 1 atom stereocenters. The Labute approximate surface area is 123 Å². The largest absolute Gasteiger partial charge is 0.399 e. The second kappa shape index (κ2) is 7.38. The minimum atomic E-state index is -0.497. The van der Waals surface area contributed by atoms with Gasteiger partial charge in [-0.1, -0.05) is 6.42 Å². The van der Waals surface area contributed by atoms with Crippen LogP contribution < -0.4 is 11.1 Å². The summed E-state index contributed by atoms with van der Waals surface area (Å²) in [5.41, 5.74) is 6.11. The van der Waals surface area contributed by atoms with Crippen LogP contribution in [0.15, 0.2) is 18.2 Å². The van der Waals surface area contributed by atoms with Crippen molar-refractivity contribution in [2.75, 3.05) is 30.7 Å².